The maximum atomic E-state index is 13.3. The first-order valence-corrected chi connectivity index (χ1v) is 14.9. The van der Waals surface area contributed by atoms with Gasteiger partial charge in [0.25, 0.3) is 0 Å². The number of benzene rings is 2. The zero-order valence-electron chi connectivity index (χ0n) is 22.0. The summed E-state index contributed by atoms with van der Waals surface area (Å²) in [4.78, 5) is 25.5. The van der Waals surface area contributed by atoms with E-state index in [0.29, 0.717) is 38.2 Å². The first-order chi connectivity index (χ1) is 18.4. The van der Waals surface area contributed by atoms with E-state index >= 15 is 0 Å². The van der Waals surface area contributed by atoms with Crippen LogP contribution in [0.3, 0.4) is 0 Å². The Balaban J connectivity index is 1.85. The Morgan fingerprint density at radius 3 is 2.47 bits per heavy atom. The van der Waals surface area contributed by atoms with E-state index in [2.05, 4.69) is 10.0 Å². The minimum atomic E-state index is -3.70. The fourth-order valence-electron chi connectivity index (χ4n) is 3.99. The molecule has 0 aliphatic carbocycles. The second kappa shape index (κ2) is 15.4. The molecule has 206 valence electrons. The number of hydrogen-bond donors (Lipinski definition) is 2. The molecule has 2 aromatic carbocycles. The smallest absolute Gasteiger partial charge is 0.329 e. The van der Waals surface area contributed by atoms with Crippen molar-refractivity contribution in [3.8, 4) is 5.75 Å². The molecule has 2 aliphatic rings. The number of ether oxygens (including phenoxy) is 2. The highest BCUT2D eigenvalue weighted by Crippen LogP contribution is 2.21. The van der Waals surface area contributed by atoms with Crippen LogP contribution in [0.15, 0.2) is 54.6 Å². The van der Waals surface area contributed by atoms with Gasteiger partial charge in [-0.15, -0.1) is 0 Å². The van der Waals surface area contributed by atoms with Crippen molar-refractivity contribution in [3.05, 3.63) is 71.3 Å². The maximum absolute atomic E-state index is 13.3. The van der Waals surface area contributed by atoms with Crippen molar-refractivity contribution in [2.75, 3.05) is 18.9 Å². The average molecular weight is 543 g/mol. The Kier molecular flexibility index (Phi) is 12.0. The molecule has 1 atom stereocenters. The van der Waals surface area contributed by atoms with Gasteiger partial charge < -0.3 is 14.8 Å². The lowest BCUT2D eigenvalue weighted by Gasteiger charge is -2.19. The molecule has 2 aromatic rings. The van der Waals surface area contributed by atoms with Crippen LogP contribution in [0.4, 0.5) is 0 Å². The van der Waals surface area contributed by atoms with Gasteiger partial charge in [0.2, 0.25) is 15.9 Å². The highest BCUT2D eigenvalue weighted by molar-refractivity contribution is 7.89. The van der Waals surface area contributed by atoms with Gasteiger partial charge >= 0.3 is 5.97 Å². The number of carbonyl (C=O) groups is 2. The zero-order valence-corrected chi connectivity index (χ0v) is 22.8. The molecular weight excluding hydrogens is 504 g/mol. The summed E-state index contributed by atoms with van der Waals surface area (Å²) in [6, 6.07) is 13.3. The number of sulfonamides is 1. The second-order valence-corrected chi connectivity index (χ2v) is 11.3. The van der Waals surface area contributed by atoms with Gasteiger partial charge in [-0.25, -0.2) is 17.9 Å². The molecule has 1 amide bonds. The lowest BCUT2D eigenvalue weighted by molar-refractivity contribution is -0.136. The molecule has 0 radical (unpaired) electrons. The Labute approximate surface area is 225 Å². The molecule has 2 heterocycles. The van der Waals surface area contributed by atoms with Crippen molar-refractivity contribution >= 4 is 28.0 Å². The summed E-state index contributed by atoms with van der Waals surface area (Å²) in [6.45, 7) is 3.62. The Bertz CT molecular complexity index is 1180. The molecule has 0 spiro atoms. The Morgan fingerprint density at radius 2 is 1.68 bits per heavy atom. The summed E-state index contributed by atoms with van der Waals surface area (Å²) in [5.74, 6) is -0.780. The lowest BCUT2D eigenvalue weighted by Crippen LogP contribution is -2.45. The predicted octanol–water partition coefficient (Wildman–Crippen LogP) is 4.14. The summed E-state index contributed by atoms with van der Waals surface area (Å²) >= 11 is 0. The third kappa shape index (κ3) is 10.4. The van der Waals surface area contributed by atoms with E-state index in [9.17, 15) is 18.0 Å². The fourth-order valence-corrected chi connectivity index (χ4v) is 5.39. The van der Waals surface area contributed by atoms with E-state index < -0.39 is 22.0 Å². The minimum absolute atomic E-state index is 0.0714. The molecule has 0 saturated carbocycles. The van der Waals surface area contributed by atoms with Gasteiger partial charge in [-0.2, -0.15) is 0 Å². The topological polar surface area (TPSA) is 111 Å². The zero-order chi connectivity index (χ0) is 27.2. The molecule has 0 unspecified atom stereocenters. The molecule has 38 heavy (non-hydrogen) atoms. The highest BCUT2D eigenvalue weighted by atomic mass is 32.2. The molecule has 2 bridgehead atoms. The molecule has 0 saturated heterocycles. The van der Waals surface area contributed by atoms with Gasteiger partial charge in [0, 0.05) is 24.8 Å². The van der Waals surface area contributed by atoms with Gasteiger partial charge in [0.1, 0.15) is 11.8 Å². The predicted molar refractivity (Wildman–Crippen MR) is 148 cm³/mol. The number of amides is 1. The average Bonchev–Trinajstić information content (AvgIpc) is 2.90. The first kappa shape index (κ1) is 29.5. The number of hydrogen-bond acceptors (Lipinski definition) is 6. The number of fused-ring (bicyclic) bond motifs is 15. The van der Waals surface area contributed by atoms with Crippen molar-refractivity contribution in [3.63, 3.8) is 0 Å². The largest absolute Gasteiger partial charge is 0.425 e. The number of esters is 1. The molecule has 2 aliphatic heterocycles. The van der Waals surface area contributed by atoms with E-state index in [1.54, 1.807) is 30.3 Å². The van der Waals surface area contributed by atoms with Crippen molar-refractivity contribution in [1.82, 2.24) is 10.0 Å². The Morgan fingerprint density at radius 1 is 0.947 bits per heavy atom. The van der Waals surface area contributed by atoms with Crippen LogP contribution in [0.2, 0.25) is 0 Å². The van der Waals surface area contributed by atoms with E-state index in [1.165, 1.54) is 6.08 Å². The third-order valence-corrected chi connectivity index (χ3v) is 7.63. The van der Waals surface area contributed by atoms with Crippen LogP contribution < -0.4 is 14.8 Å². The minimum Gasteiger partial charge on any atom is -0.425 e. The molecule has 4 rings (SSSR count). The normalized spacial score (nSPS) is 19.3. The summed E-state index contributed by atoms with van der Waals surface area (Å²) in [5, 5.41) is 2.86. The molecular formula is C29H38N2O6S. The van der Waals surface area contributed by atoms with Crippen molar-refractivity contribution in [2.45, 2.75) is 64.5 Å². The van der Waals surface area contributed by atoms with Gasteiger partial charge in [0.05, 0.1) is 12.4 Å². The van der Waals surface area contributed by atoms with Crippen LogP contribution in [0.25, 0.3) is 6.08 Å². The summed E-state index contributed by atoms with van der Waals surface area (Å²) in [5.41, 5.74) is 2.33. The van der Waals surface area contributed by atoms with Crippen molar-refractivity contribution < 1.29 is 27.5 Å². The number of carbonyl (C=O) groups excluding carboxylic acids is 2. The van der Waals surface area contributed by atoms with E-state index in [0.717, 1.165) is 36.8 Å². The second-order valence-electron chi connectivity index (χ2n) is 9.41. The quantitative estimate of drug-likeness (QED) is 0.434. The SMILES string of the molecule is CCCCS(=O)(=O)N[C@H]1Cc2ccc(cc2)COCCCCCCNC(=O)/C=C\c2ccccc2OC1=O. The molecule has 0 fully saturated rings. The Hall–Kier alpha value is -3.01. The number of nitrogens with one attached hydrogen (secondary N) is 2. The summed E-state index contributed by atoms with van der Waals surface area (Å²) in [7, 11) is -3.70. The first-order valence-electron chi connectivity index (χ1n) is 13.3. The van der Waals surface area contributed by atoms with Crippen molar-refractivity contribution in [2.24, 2.45) is 0 Å². The summed E-state index contributed by atoms with van der Waals surface area (Å²) in [6.07, 6.45) is 8.18. The van der Waals surface area contributed by atoms with Crippen LogP contribution in [-0.4, -0.2) is 45.2 Å². The standard InChI is InChI=1S/C29H38N2O6S/c1-2-3-20-38(34,35)31-26-21-23-12-14-24(15-13-23)22-36-19-9-5-4-8-18-30-28(32)17-16-25-10-6-7-11-27(25)37-29(26)33/h6-7,10-17,26,31H,2-5,8-9,18-22H2,1H3,(H,30,32)/b17-16-/t26-/m0/s1. The maximum Gasteiger partial charge on any atom is 0.329 e. The van der Waals surface area contributed by atoms with Crippen LogP contribution in [0, 0.1) is 0 Å². The van der Waals surface area contributed by atoms with Crippen LogP contribution >= 0.6 is 0 Å². The lowest BCUT2D eigenvalue weighted by atomic mass is 10.0. The van der Waals surface area contributed by atoms with E-state index in [-0.39, 0.29) is 23.8 Å². The van der Waals surface area contributed by atoms with Crippen LogP contribution in [-0.2, 0) is 37.4 Å². The van der Waals surface area contributed by atoms with Gasteiger partial charge in [0.15, 0.2) is 0 Å². The van der Waals surface area contributed by atoms with Gasteiger partial charge in [-0.3, -0.25) is 4.79 Å². The number of unbranched alkanes of at least 4 members (excludes halogenated alkanes) is 1. The number of para-hydroxylation sites is 1. The van der Waals surface area contributed by atoms with Crippen molar-refractivity contribution in [1.29, 1.82) is 0 Å². The molecule has 8 nitrogen and oxygen atoms in total. The molecule has 2 N–H and O–H groups in total. The number of rotatable bonds is 5. The van der Waals surface area contributed by atoms with Crippen LogP contribution in [0.1, 0.15) is 62.1 Å². The van der Waals surface area contributed by atoms with Gasteiger partial charge in [-0.05, 0) is 49.0 Å². The van der Waals surface area contributed by atoms with Gasteiger partial charge in [-0.1, -0.05) is 68.7 Å². The fraction of sp³-hybridized carbons (Fsp3) is 0.448. The monoisotopic (exact) mass is 542 g/mol. The highest BCUT2D eigenvalue weighted by Gasteiger charge is 2.27. The van der Waals surface area contributed by atoms with Crippen LogP contribution in [0.5, 0.6) is 5.75 Å². The van der Waals surface area contributed by atoms with E-state index in [1.807, 2.05) is 31.2 Å². The van der Waals surface area contributed by atoms with E-state index in [4.69, 9.17) is 9.47 Å². The third-order valence-electron chi connectivity index (χ3n) is 6.16. The molecule has 0 aromatic heterocycles. The summed E-state index contributed by atoms with van der Waals surface area (Å²) < 4.78 is 39.4. The molecule has 9 heteroatoms.